The second-order valence-corrected chi connectivity index (χ2v) is 5.79. The van der Waals surface area contributed by atoms with Crippen molar-refractivity contribution >= 4 is 11.8 Å². The topological polar surface area (TPSA) is 67.4 Å². The van der Waals surface area contributed by atoms with Crippen LogP contribution in [0.3, 0.4) is 0 Å². The van der Waals surface area contributed by atoms with Crippen LogP contribution in [0.15, 0.2) is 12.1 Å². The number of carbonyl (C=O) groups is 2. The Morgan fingerprint density at radius 3 is 2.68 bits per heavy atom. The van der Waals surface area contributed by atoms with Crippen LogP contribution in [0, 0.1) is 0 Å². The molecule has 1 fully saturated rings. The molecule has 2 N–H and O–H groups in total. The maximum absolute atomic E-state index is 12.9. The Kier molecular flexibility index (Phi) is 4.00. The van der Waals surface area contributed by atoms with E-state index < -0.39 is 12.8 Å². The van der Waals surface area contributed by atoms with Crippen LogP contribution < -0.4 is 15.4 Å². The highest BCUT2D eigenvalue weighted by Crippen LogP contribution is 2.34. The second-order valence-electron chi connectivity index (χ2n) is 5.79. The predicted molar refractivity (Wildman–Crippen MR) is 79.0 cm³/mol. The van der Waals surface area contributed by atoms with Crippen molar-refractivity contribution in [2.75, 3.05) is 13.7 Å². The first kappa shape index (κ1) is 14.8. The number of halogens is 1. The molecule has 1 aliphatic heterocycles. The molecule has 1 saturated carbocycles. The van der Waals surface area contributed by atoms with Crippen LogP contribution in [-0.2, 0) is 6.42 Å². The number of nitrogens with one attached hydrogen (secondary N) is 2. The van der Waals surface area contributed by atoms with Crippen LogP contribution in [-0.4, -0.2) is 37.7 Å². The van der Waals surface area contributed by atoms with Crippen LogP contribution in [0.5, 0.6) is 5.75 Å². The molecule has 1 aromatic rings. The molecule has 0 bridgehead atoms. The minimum atomic E-state index is -0.620. The maximum Gasteiger partial charge on any atom is 0.254 e. The van der Waals surface area contributed by atoms with Crippen molar-refractivity contribution in [1.29, 1.82) is 0 Å². The Bertz CT molecular complexity index is 614. The fourth-order valence-electron chi connectivity index (χ4n) is 2.78. The zero-order valence-electron chi connectivity index (χ0n) is 12.4. The number of carbonyl (C=O) groups excluding carboxylic acids is 2. The summed E-state index contributed by atoms with van der Waals surface area (Å²) in [6.45, 7) is -0.620. The zero-order chi connectivity index (χ0) is 15.7. The number of rotatable bonds is 4. The van der Waals surface area contributed by atoms with Crippen LogP contribution in [0.25, 0.3) is 0 Å². The van der Waals surface area contributed by atoms with E-state index in [0.717, 1.165) is 19.3 Å². The summed E-state index contributed by atoms with van der Waals surface area (Å²) in [6.07, 6.45) is 2.91. The van der Waals surface area contributed by atoms with Crippen LogP contribution in [0.1, 0.15) is 45.5 Å². The van der Waals surface area contributed by atoms with Crippen molar-refractivity contribution in [3.8, 4) is 5.75 Å². The van der Waals surface area contributed by atoms with Gasteiger partial charge in [-0.1, -0.05) is 0 Å². The Morgan fingerprint density at radius 2 is 2.09 bits per heavy atom. The molecule has 0 radical (unpaired) electrons. The molecule has 1 aliphatic carbocycles. The van der Waals surface area contributed by atoms with Crippen LogP contribution in [0.2, 0.25) is 0 Å². The average molecular weight is 306 g/mol. The molecule has 22 heavy (non-hydrogen) atoms. The smallest absolute Gasteiger partial charge is 0.254 e. The highest BCUT2D eigenvalue weighted by molar-refractivity contribution is 6.02. The molecule has 2 amide bonds. The number of ether oxygens (including phenoxy) is 1. The summed E-state index contributed by atoms with van der Waals surface area (Å²) in [5, 5.41) is 5.48. The van der Waals surface area contributed by atoms with Gasteiger partial charge in [0.2, 0.25) is 0 Å². The highest BCUT2D eigenvalue weighted by Gasteiger charge is 2.30. The number of fused-ring (bicyclic) bond motifs is 1. The summed E-state index contributed by atoms with van der Waals surface area (Å²) in [5.74, 6) is -0.141. The minimum Gasteiger partial charge on any atom is -0.486 e. The summed E-state index contributed by atoms with van der Waals surface area (Å²) in [5.41, 5.74) is 1.42. The van der Waals surface area contributed by atoms with E-state index in [1.807, 2.05) is 0 Å². The van der Waals surface area contributed by atoms with E-state index in [1.54, 1.807) is 6.07 Å². The fourth-order valence-corrected chi connectivity index (χ4v) is 2.78. The minimum absolute atomic E-state index is 0.193. The third-order valence-corrected chi connectivity index (χ3v) is 4.24. The number of benzene rings is 1. The van der Waals surface area contributed by atoms with Gasteiger partial charge in [0, 0.05) is 25.1 Å². The molecule has 1 heterocycles. The molecule has 0 spiro atoms. The van der Waals surface area contributed by atoms with E-state index >= 15 is 0 Å². The van der Waals surface area contributed by atoms with Gasteiger partial charge in [0.15, 0.2) is 0 Å². The summed E-state index contributed by atoms with van der Waals surface area (Å²) in [6, 6.07) is 3.44. The molecule has 2 aliphatic rings. The van der Waals surface area contributed by atoms with E-state index in [2.05, 4.69) is 10.6 Å². The lowest BCUT2D eigenvalue weighted by Crippen LogP contribution is -2.39. The van der Waals surface area contributed by atoms with Gasteiger partial charge in [-0.3, -0.25) is 9.59 Å². The van der Waals surface area contributed by atoms with E-state index in [0.29, 0.717) is 23.3 Å². The van der Waals surface area contributed by atoms with Gasteiger partial charge < -0.3 is 15.4 Å². The van der Waals surface area contributed by atoms with Gasteiger partial charge in [0.1, 0.15) is 18.5 Å². The zero-order valence-corrected chi connectivity index (χ0v) is 12.4. The van der Waals surface area contributed by atoms with Crippen molar-refractivity contribution in [3.63, 3.8) is 0 Å². The molecule has 1 atom stereocenters. The third kappa shape index (κ3) is 2.65. The van der Waals surface area contributed by atoms with E-state index in [4.69, 9.17) is 4.74 Å². The summed E-state index contributed by atoms with van der Waals surface area (Å²) < 4.78 is 18.3. The van der Waals surface area contributed by atoms with Gasteiger partial charge >= 0.3 is 0 Å². The molecule has 5 nitrogen and oxygen atoms in total. The number of amides is 2. The van der Waals surface area contributed by atoms with E-state index in [1.165, 1.54) is 13.1 Å². The number of alkyl halides is 1. The van der Waals surface area contributed by atoms with Crippen molar-refractivity contribution in [1.82, 2.24) is 10.6 Å². The number of hydrogen-bond acceptors (Lipinski definition) is 3. The van der Waals surface area contributed by atoms with E-state index in [-0.39, 0.29) is 23.4 Å². The van der Waals surface area contributed by atoms with Crippen molar-refractivity contribution < 1.29 is 18.7 Å². The van der Waals surface area contributed by atoms with Gasteiger partial charge in [-0.2, -0.15) is 0 Å². The molecule has 1 unspecified atom stereocenters. The fraction of sp³-hybridized carbons (Fsp3) is 0.500. The molecule has 0 saturated heterocycles. The van der Waals surface area contributed by atoms with Gasteiger partial charge in [0.25, 0.3) is 11.8 Å². The largest absolute Gasteiger partial charge is 0.486 e. The summed E-state index contributed by atoms with van der Waals surface area (Å²) in [4.78, 5) is 24.3. The highest BCUT2D eigenvalue weighted by atomic mass is 19.1. The lowest BCUT2D eigenvalue weighted by atomic mass is 9.92. The van der Waals surface area contributed by atoms with Crippen molar-refractivity contribution in [2.45, 2.75) is 37.8 Å². The predicted octanol–water partition coefficient (Wildman–Crippen LogP) is 1.60. The molecule has 1 aromatic carbocycles. The monoisotopic (exact) mass is 306 g/mol. The normalized spacial score (nSPS) is 19.8. The van der Waals surface area contributed by atoms with E-state index in [9.17, 15) is 14.0 Å². The average Bonchev–Trinajstić information content (AvgIpc) is 2.91. The molecule has 6 heteroatoms. The quantitative estimate of drug-likeness (QED) is 0.888. The standard InChI is InChI=1S/C16H19FN2O3/c1-18-16(21)13-7-10(15(20)19-11-3-2-4-11)5-9-6-12(8-17)22-14(9)13/h5,7,11-12H,2-4,6,8H2,1H3,(H,18,21)(H,19,20). The number of hydrogen-bond donors (Lipinski definition) is 2. The second kappa shape index (κ2) is 5.94. The van der Waals surface area contributed by atoms with Gasteiger partial charge in [-0.25, -0.2) is 4.39 Å². The first-order valence-corrected chi connectivity index (χ1v) is 7.55. The van der Waals surface area contributed by atoms with Crippen LogP contribution >= 0.6 is 0 Å². The van der Waals surface area contributed by atoms with Crippen molar-refractivity contribution in [3.05, 3.63) is 28.8 Å². The van der Waals surface area contributed by atoms with Gasteiger partial charge in [-0.05, 0) is 37.0 Å². The molecular weight excluding hydrogens is 287 g/mol. The van der Waals surface area contributed by atoms with Gasteiger partial charge in [-0.15, -0.1) is 0 Å². The summed E-state index contributed by atoms with van der Waals surface area (Å²) >= 11 is 0. The van der Waals surface area contributed by atoms with Crippen LogP contribution in [0.4, 0.5) is 4.39 Å². The lowest BCUT2D eigenvalue weighted by molar-refractivity contribution is 0.0917. The summed E-state index contributed by atoms with van der Waals surface area (Å²) in [7, 11) is 1.51. The van der Waals surface area contributed by atoms with Gasteiger partial charge in [0.05, 0.1) is 5.56 Å². The molecule has 118 valence electrons. The Hall–Kier alpha value is -2.11. The Morgan fingerprint density at radius 1 is 1.32 bits per heavy atom. The maximum atomic E-state index is 12.9. The Labute approximate surface area is 128 Å². The van der Waals surface area contributed by atoms with Crippen molar-refractivity contribution in [2.24, 2.45) is 0 Å². The molecule has 3 rings (SSSR count). The molecule has 0 aromatic heterocycles. The first-order valence-electron chi connectivity index (χ1n) is 7.55. The SMILES string of the molecule is CNC(=O)c1cc(C(=O)NC2CCC2)cc2c1OC(CF)C2. The Balaban J connectivity index is 1.91. The lowest BCUT2D eigenvalue weighted by Gasteiger charge is -2.26. The molecular formula is C16H19FN2O3. The third-order valence-electron chi connectivity index (χ3n) is 4.24. The first-order chi connectivity index (χ1) is 10.6.